The number of amides is 1. The van der Waals surface area contributed by atoms with E-state index in [9.17, 15) is 4.79 Å². The smallest absolute Gasteiger partial charge is 0.228 e. The summed E-state index contributed by atoms with van der Waals surface area (Å²) in [6.07, 6.45) is 3.08. The summed E-state index contributed by atoms with van der Waals surface area (Å²) in [5.74, 6) is 1.01. The summed E-state index contributed by atoms with van der Waals surface area (Å²) in [6.45, 7) is 5.54. The average molecular weight is 352 g/mol. The summed E-state index contributed by atoms with van der Waals surface area (Å²) in [7, 11) is 0. The van der Waals surface area contributed by atoms with E-state index in [4.69, 9.17) is 4.74 Å². The first-order valence-electron chi connectivity index (χ1n) is 9.54. The third-order valence-electron chi connectivity index (χ3n) is 4.87. The Morgan fingerprint density at radius 1 is 1.15 bits per heavy atom. The molecule has 2 aromatic carbocycles. The van der Waals surface area contributed by atoms with Gasteiger partial charge in [-0.2, -0.15) is 0 Å². The van der Waals surface area contributed by atoms with Crippen molar-refractivity contribution in [1.29, 1.82) is 0 Å². The van der Waals surface area contributed by atoms with Crippen LogP contribution in [-0.4, -0.2) is 37.0 Å². The highest BCUT2D eigenvalue weighted by molar-refractivity contribution is 5.92. The Morgan fingerprint density at radius 2 is 1.92 bits per heavy atom. The zero-order valence-corrected chi connectivity index (χ0v) is 15.5. The topological polar surface area (TPSA) is 41.6 Å². The van der Waals surface area contributed by atoms with E-state index >= 15 is 0 Å². The molecule has 1 heterocycles. The molecule has 0 saturated carbocycles. The van der Waals surface area contributed by atoms with Gasteiger partial charge in [0.1, 0.15) is 5.75 Å². The lowest BCUT2D eigenvalue weighted by molar-refractivity contribution is -0.121. The molecule has 138 valence electrons. The maximum absolute atomic E-state index is 12.6. The van der Waals surface area contributed by atoms with Gasteiger partial charge in [-0.3, -0.25) is 4.79 Å². The quantitative estimate of drug-likeness (QED) is 0.819. The van der Waals surface area contributed by atoms with Crippen LogP contribution in [0.1, 0.15) is 25.3 Å². The summed E-state index contributed by atoms with van der Waals surface area (Å²) in [5, 5.41) is 3.05. The van der Waals surface area contributed by atoms with E-state index in [-0.39, 0.29) is 11.8 Å². The number of benzene rings is 2. The summed E-state index contributed by atoms with van der Waals surface area (Å²) in [6, 6.07) is 18.1. The van der Waals surface area contributed by atoms with Crippen LogP contribution < -0.4 is 10.1 Å². The molecule has 1 atom stereocenters. The molecule has 1 fully saturated rings. The molecule has 1 saturated heterocycles. The SMILES string of the molecule is CCOc1ccc(NC(=O)[C@@H]2CCCN(CCc3ccccc3)C2)cc1. The van der Waals surface area contributed by atoms with Gasteiger partial charge in [-0.15, -0.1) is 0 Å². The molecular weight excluding hydrogens is 324 g/mol. The monoisotopic (exact) mass is 352 g/mol. The number of carbonyl (C=O) groups excluding carboxylic acids is 1. The Kier molecular flexibility index (Phi) is 6.67. The van der Waals surface area contributed by atoms with Crippen LogP contribution in [0.5, 0.6) is 5.75 Å². The second kappa shape index (κ2) is 9.39. The van der Waals surface area contributed by atoms with E-state index in [1.807, 2.05) is 37.3 Å². The number of rotatable bonds is 7. The van der Waals surface area contributed by atoms with Crippen LogP contribution in [0.15, 0.2) is 54.6 Å². The Labute approximate surface area is 156 Å². The molecule has 3 rings (SSSR count). The number of hydrogen-bond donors (Lipinski definition) is 1. The third-order valence-corrected chi connectivity index (χ3v) is 4.87. The number of piperidine rings is 1. The van der Waals surface area contributed by atoms with Crippen LogP contribution in [0.3, 0.4) is 0 Å². The summed E-state index contributed by atoms with van der Waals surface area (Å²) < 4.78 is 5.44. The van der Waals surface area contributed by atoms with Gasteiger partial charge in [0, 0.05) is 18.8 Å². The zero-order chi connectivity index (χ0) is 18.2. The first kappa shape index (κ1) is 18.5. The van der Waals surface area contributed by atoms with Crippen LogP contribution in [-0.2, 0) is 11.2 Å². The number of anilines is 1. The molecule has 0 spiro atoms. The Bertz CT molecular complexity index is 685. The standard InChI is InChI=1S/C22H28N2O2/c1-2-26-21-12-10-20(11-13-21)23-22(25)19-9-6-15-24(17-19)16-14-18-7-4-3-5-8-18/h3-5,7-8,10-13,19H,2,6,9,14-17H2,1H3,(H,23,25)/t19-/m1/s1. The van der Waals surface area contributed by atoms with E-state index in [1.54, 1.807) is 0 Å². The Morgan fingerprint density at radius 3 is 2.65 bits per heavy atom. The lowest BCUT2D eigenvalue weighted by atomic mass is 9.96. The van der Waals surface area contributed by atoms with Crippen molar-refractivity contribution in [3.05, 3.63) is 60.2 Å². The van der Waals surface area contributed by atoms with Gasteiger partial charge in [-0.25, -0.2) is 0 Å². The van der Waals surface area contributed by atoms with Crippen molar-refractivity contribution >= 4 is 11.6 Å². The maximum Gasteiger partial charge on any atom is 0.228 e. The van der Waals surface area contributed by atoms with E-state index in [0.717, 1.165) is 50.3 Å². The fourth-order valence-corrected chi connectivity index (χ4v) is 3.45. The van der Waals surface area contributed by atoms with Crippen LogP contribution in [0.25, 0.3) is 0 Å². The predicted molar refractivity (Wildman–Crippen MR) is 106 cm³/mol. The van der Waals surface area contributed by atoms with Crippen LogP contribution in [0, 0.1) is 5.92 Å². The first-order valence-corrected chi connectivity index (χ1v) is 9.54. The van der Waals surface area contributed by atoms with Gasteiger partial charge in [0.15, 0.2) is 0 Å². The average Bonchev–Trinajstić information content (AvgIpc) is 2.69. The molecule has 4 heteroatoms. The van der Waals surface area contributed by atoms with Gasteiger partial charge in [-0.05, 0) is 62.6 Å². The van der Waals surface area contributed by atoms with Crippen LogP contribution in [0.2, 0.25) is 0 Å². The van der Waals surface area contributed by atoms with E-state index in [2.05, 4.69) is 34.5 Å². The lowest BCUT2D eigenvalue weighted by Gasteiger charge is -2.32. The van der Waals surface area contributed by atoms with Gasteiger partial charge in [-0.1, -0.05) is 30.3 Å². The van der Waals surface area contributed by atoms with Gasteiger partial charge < -0.3 is 15.0 Å². The number of likely N-dealkylation sites (tertiary alicyclic amines) is 1. The van der Waals surface area contributed by atoms with E-state index in [0.29, 0.717) is 6.61 Å². The van der Waals surface area contributed by atoms with Crippen molar-refractivity contribution in [3.8, 4) is 5.75 Å². The number of carbonyl (C=O) groups is 1. The first-order chi connectivity index (χ1) is 12.7. The third kappa shape index (κ3) is 5.33. The van der Waals surface area contributed by atoms with Gasteiger partial charge in [0.2, 0.25) is 5.91 Å². The summed E-state index contributed by atoms with van der Waals surface area (Å²) in [4.78, 5) is 15.0. The van der Waals surface area contributed by atoms with Crippen molar-refractivity contribution in [2.24, 2.45) is 5.92 Å². The minimum absolute atomic E-state index is 0.0612. The normalized spacial score (nSPS) is 17.7. The van der Waals surface area contributed by atoms with Crippen molar-refractivity contribution < 1.29 is 9.53 Å². The fraction of sp³-hybridized carbons (Fsp3) is 0.409. The number of nitrogens with zero attached hydrogens (tertiary/aromatic N) is 1. The van der Waals surface area contributed by atoms with Crippen molar-refractivity contribution in [1.82, 2.24) is 4.90 Å². The number of ether oxygens (including phenoxy) is 1. The number of nitrogens with one attached hydrogen (secondary N) is 1. The molecule has 1 aliphatic heterocycles. The fourth-order valence-electron chi connectivity index (χ4n) is 3.45. The molecule has 0 bridgehead atoms. The van der Waals surface area contributed by atoms with Gasteiger partial charge in [0.25, 0.3) is 0 Å². The van der Waals surface area contributed by atoms with Crippen molar-refractivity contribution in [2.75, 3.05) is 31.6 Å². The molecular formula is C22H28N2O2. The largest absolute Gasteiger partial charge is 0.494 e. The van der Waals surface area contributed by atoms with Crippen molar-refractivity contribution in [2.45, 2.75) is 26.2 Å². The molecule has 1 amide bonds. The molecule has 0 radical (unpaired) electrons. The summed E-state index contributed by atoms with van der Waals surface area (Å²) in [5.41, 5.74) is 2.19. The molecule has 2 aromatic rings. The molecule has 0 aromatic heterocycles. The number of hydrogen-bond acceptors (Lipinski definition) is 3. The Balaban J connectivity index is 1.49. The molecule has 1 N–H and O–H groups in total. The summed E-state index contributed by atoms with van der Waals surface area (Å²) >= 11 is 0. The van der Waals surface area contributed by atoms with E-state index < -0.39 is 0 Å². The minimum atomic E-state index is 0.0612. The van der Waals surface area contributed by atoms with Gasteiger partial charge in [0.05, 0.1) is 12.5 Å². The highest BCUT2D eigenvalue weighted by Gasteiger charge is 2.25. The minimum Gasteiger partial charge on any atom is -0.494 e. The maximum atomic E-state index is 12.6. The highest BCUT2D eigenvalue weighted by Crippen LogP contribution is 2.21. The second-order valence-corrected chi connectivity index (χ2v) is 6.82. The highest BCUT2D eigenvalue weighted by atomic mass is 16.5. The van der Waals surface area contributed by atoms with Crippen molar-refractivity contribution in [3.63, 3.8) is 0 Å². The van der Waals surface area contributed by atoms with Crippen LogP contribution in [0.4, 0.5) is 5.69 Å². The molecule has 0 aliphatic carbocycles. The lowest BCUT2D eigenvalue weighted by Crippen LogP contribution is -2.41. The zero-order valence-electron chi connectivity index (χ0n) is 15.5. The van der Waals surface area contributed by atoms with E-state index in [1.165, 1.54) is 5.56 Å². The van der Waals surface area contributed by atoms with Gasteiger partial charge >= 0.3 is 0 Å². The Hall–Kier alpha value is -2.33. The molecule has 1 aliphatic rings. The predicted octanol–water partition coefficient (Wildman–Crippen LogP) is 3.98. The second-order valence-electron chi connectivity index (χ2n) is 6.82. The molecule has 4 nitrogen and oxygen atoms in total. The molecule has 0 unspecified atom stereocenters. The van der Waals surface area contributed by atoms with Crippen LogP contribution >= 0.6 is 0 Å². The molecule has 26 heavy (non-hydrogen) atoms.